The first-order valence-corrected chi connectivity index (χ1v) is 7.51. The van der Waals surface area contributed by atoms with Gasteiger partial charge < -0.3 is 10.5 Å². The normalized spacial score (nSPS) is 17.5. The summed E-state index contributed by atoms with van der Waals surface area (Å²) in [5.74, 6) is 0.689. The van der Waals surface area contributed by atoms with E-state index in [1.807, 2.05) is 18.2 Å². The molecular formula is C13H13N3O3S. The third kappa shape index (κ3) is 2.21. The highest BCUT2D eigenvalue weighted by Crippen LogP contribution is 2.32. The number of aromatic nitrogens is 1. The van der Waals surface area contributed by atoms with Crippen molar-refractivity contribution in [1.82, 2.24) is 9.71 Å². The topological polar surface area (TPSA) is 94.3 Å². The molecule has 1 aromatic heterocycles. The summed E-state index contributed by atoms with van der Waals surface area (Å²) in [6.07, 6.45) is 1.39. The minimum absolute atomic E-state index is 0.118. The summed E-state index contributed by atoms with van der Waals surface area (Å²) < 4.78 is 32.6. The molecule has 0 saturated carbocycles. The van der Waals surface area contributed by atoms with Gasteiger partial charge in [-0.05, 0) is 18.2 Å². The number of nitrogens with two attached hydrogens (primary N) is 1. The van der Waals surface area contributed by atoms with Crippen LogP contribution >= 0.6 is 0 Å². The highest BCUT2D eigenvalue weighted by Gasteiger charge is 2.30. The Morgan fingerprint density at radius 1 is 1.25 bits per heavy atom. The first kappa shape index (κ1) is 12.9. The van der Waals surface area contributed by atoms with E-state index in [2.05, 4.69) is 9.71 Å². The second-order valence-corrected chi connectivity index (χ2v) is 6.05. The van der Waals surface area contributed by atoms with E-state index in [-0.39, 0.29) is 17.3 Å². The lowest BCUT2D eigenvalue weighted by Crippen LogP contribution is -2.30. The fourth-order valence-corrected chi connectivity index (χ4v) is 3.39. The van der Waals surface area contributed by atoms with Gasteiger partial charge in [0.2, 0.25) is 0 Å². The smallest absolute Gasteiger partial charge is 0.260 e. The summed E-state index contributed by atoms with van der Waals surface area (Å²) in [4.78, 5) is 3.83. The number of fused-ring (bicyclic) bond motifs is 1. The molecule has 0 amide bonds. The summed E-state index contributed by atoms with van der Waals surface area (Å²) in [5.41, 5.74) is 6.59. The Balaban J connectivity index is 1.91. The number of nitrogens with one attached hydrogen (secondary N) is 1. The fourth-order valence-electron chi connectivity index (χ4n) is 2.13. The van der Waals surface area contributed by atoms with Crippen LogP contribution in [-0.4, -0.2) is 20.0 Å². The Bertz CT molecular complexity index is 746. The Morgan fingerprint density at radius 3 is 2.85 bits per heavy atom. The molecule has 1 aliphatic rings. The third-order valence-electron chi connectivity index (χ3n) is 3.05. The molecule has 20 heavy (non-hydrogen) atoms. The van der Waals surface area contributed by atoms with Crippen molar-refractivity contribution in [1.29, 1.82) is 0 Å². The average molecular weight is 291 g/mol. The second-order valence-electron chi connectivity index (χ2n) is 4.42. The molecule has 0 spiro atoms. The zero-order valence-electron chi connectivity index (χ0n) is 10.5. The number of pyridine rings is 1. The van der Waals surface area contributed by atoms with Gasteiger partial charge in [0, 0.05) is 11.8 Å². The number of para-hydroxylation sites is 1. The molecule has 0 aliphatic carbocycles. The second kappa shape index (κ2) is 4.77. The maximum absolute atomic E-state index is 12.3. The van der Waals surface area contributed by atoms with Crippen LogP contribution < -0.4 is 15.2 Å². The number of benzene rings is 1. The molecule has 0 bridgehead atoms. The zero-order chi connectivity index (χ0) is 14.2. The Morgan fingerprint density at radius 2 is 2.05 bits per heavy atom. The number of nitrogen functional groups attached to an aromatic ring is 1. The number of hydrogen-bond acceptors (Lipinski definition) is 5. The molecule has 0 saturated heterocycles. The highest BCUT2D eigenvalue weighted by molar-refractivity contribution is 7.89. The van der Waals surface area contributed by atoms with Crippen LogP contribution in [0.4, 0.5) is 5.69 Å². The fraction of sp³-hybridized carbons (Fsp3) is 0.154. The molecule has 7 heteroatoms. The number of hydrogen-bond donors (Lipinski definition) is 2. The van der Waals surface area contributed by atoms with Gasteiger partial charge in [0.05, 0.1) is 11.7 Å². The van der Waals surface area contributed by atoms with E-state index in [9.17, 15) is 8.42 Å². The van der Waals surface area contributed by atoms with Crippen LogP contribution in [0.1, 0.15) is 11.6 Å². The predicted molar refractivity (Wildman–Crippen MR) is 73.6 cm³/mol. The Kier molecular flexibility index (Phi) is 3.07. The number of anilines is 1. The van der Waals surface area contributed by atoms with E-state index >= 15 is 0 Å². The number of sulfonamides is 1. The van der Waals surface area contributed by atoms with Crippen molar-refractivity contribution >= 4 is 15.7 Å². The highest BCUT2D eigenvalue weighted by atomic mass is 32.2. The van der Waals surface area contributed by atoms with E-state index in [0.717, 1.165) is 5.56 Å². The van der Waals surface area contributed by atoms with E-state index in [1.165, 1.54) is 12.3 Å². The van der Waals surface area contributed by atoms with Crippen LogP contribution in [0.15, 0.2) is 47.6 Å². The van der Waals surface area contributed by atoms with Gasteiger partial charge in [-0.2, -0.15) is 4.72 Å². The van der Waals surface area contributed by atoms with Crippen molar-refractivity contribution in [3.05, 3.63) is 48.2 Å². The maximum atomic E-state index is 12.3. The maximum Gasteiger partial charge on any atom is 0.260 e. The Hall–Kier alpha value is -2.12. The summed E-state index contributed by atoms with van der Waals surface area (Å²) in [5, 5.41) is -0.163. The van der Waals surface area contributed by atoms with Crippen molar-refractivity contribution in [2.75, 3.05) is 12.3 Å². The lowest BCUT2D eigenvalue weighted by Gasteiger charge is -2.12. The molecule has 0 radical (unpaired) electrons. The van der Waals surface area contributed by atoms with Gasteiger partial charge in [0.1, 0.15) is 12.4 Å². The van der Waals surface area contributed by atoms with Gasteiger partial charge in [0.25, 0.3) is 10.0 Å². The summed E-state index contributed by atoms with van der Waals surface area (Å²) in [7, 11) is -3.78. The monoisotopic (exact) mass is 291 g/mol. The summed E-state index contributed by atoms with van der Waals surface area (Å²) in [6, 6.07) is 9.97. The first-order valence-electron chi connectivity index (χ1n) is 6.02. The van der Waals surface area contributed by atoms with Crippen molar-refractivity contribution in [2.45, 2.75) is 11.1 Å². The van der Waals surface area contributed by atoms with E-state index < -0.39 is 16.1 Å². The minimum Gasteiger partial charge on any atom is -0.491 e. The van der Waals surface area contributed by atoms with Crippen LogP contribution in [-0.2, 0) is 10.0 Å². The predicted octanol–water partition coefficient (Wildman–Crippen LogP) is 1.08. The van der Waals surface area contributed by atoms with Gasteiger partial charge in [-0.1, -0.05) is 18.2 Å². The van der Waals surface area contributed by atoms with Gasteiger partial charge in [-0.15, -0.1) is 0 Å². The van der Waals surface area contributed by atoms with Crippen molar-refractivity contribution in [3.63, 3.8) is 0 Å². The van der Waals surface area contributed by atoms with Crippen molar-refractivity contribution in [2.24, 2.45) is 0 Å². The van der Waals surface area contributed by atoms with Crippen molar-refractivity contribution < 1.29 is 13.2 Å². The molecule has 1 aliphatic heterocycles. The van der Waals surface area contributed by atoms with E-state index in [1.54, 1.807) is 12.1 Å². The molecule has 6 nitrogen and oxygen atoms in total. The van der Waals surface area contributed by atoms with Gasteiger partial charge in [0.15, 0.2) is 5.03 Å². The van der Waals surface area contributed by atoms with Crippen LogP contribution in [0.25, 0.3) is 0 Å². The van der Waals surface area contributed by atoms with Crippen molar-refractivity contribution in [3.8, 4) is 5.75 Å². The SMILES string of the molecule is Nc1cccnc1S(=O)(=O)NC1COc2ccccc21. The lowest BCUT2D eigenvalue weighted by atomic mass is 10.1. The summed E-state index contributed by atoms with van der Waals surface area (Å²) >= 11 is 0. The molecule has 1 aromatic carbocycles. The molecule has 1 unspecified atom stereocenters. The molecular weight excluding hydrogens is 278 g/mol. The standard InChI is InChI=1S/C13H13N3O3S/c14-10-5-3-7-15-13(10)20(17,18)16-11-8-19-12-6-2-1-4-9(11)12/h1-7,11,16H,8,14H2. The number of nitrogens with zero attached hydrogens (tertiary/aromatic N) is 1. The molecule has 2 aromatic rings. The molecule has 3 rings (SSSR count). The molecule has 1 atom stereocenters. The molecule has 3 N–H and O–H groups in total. The largest absolute Gasteiger partial charge is 0.491 e. The zero-order valence-corrected chi connectivity index (χ0v) is 11.3. The van der Waals surface area contributed by atoms with Crippen LogP contribution in [0.2, 0.25) is 0 Å². The van der Waals surface area contributed by atoms with Gasteiger partial charge in [-0.3, -0.25) is 0 Å². The van der Waals surface area contributed by atoms with E-state index in [0.29, 0.717) is 5.75 Å². The minimum atomic E-state index is -3.78. The molecule has 104 valence electrons. The molecule has 2 heterocycles. The summed E-state index contributed by atoms with van der Waals surface area (Å²) in [6.45, 7) is 0.255. The van der Waals surface area contributed by atoms with Gasteiger partial charge in [-0.25, -0.2) is 13.4 Å². The van der Waals surface area contributed by atoms with Crippen LogP contribution in [0, 0.1) is 0 Å². The number of rotatable bonds is 3. The molecule has 0 fully saturated rings. The quantitative estimate of drug-likeness (QED) is 0.882. The lowest BCUT2D eigenvalue weighted by molar-refractivity contribution is 0.325. The van der Waals surface area contributed by atoms with Crippen LogP contribution in [0.3, 0.4) is 0 Å². The van der Waals surface area contributed by atoms with E-state index in [4.69, 9.17) is 10.5 Å². The average Bonchev–Trinajstić information content (AvgIpc) is 2.82. The first-order chi connectivity index (χ1) is 9.58. The third-order valence-corrected chi connectivity index (χ3v) is 4.50. The number of ether oxygens (including phenoxy) is 1. The van der Waals surface area contributed by atoms with Crippen LogP contribution in [0.5, 0.6) is 5.75 Å². The van der Waals surface area contributed by atoms with Gasteiger partial charge >= 0.3 is 0 Å². The Labute approximate surface area is 116 Å².